The van der Waals surface area contributed by atoms with Gasteiger partial charge >= 0.3 is 6.18 Å². The predicted octanol–water partition coefficient (Wildman–Crippen LogP) is 4.54. The largest absolute Gasteiger partial charge is 0.417 e. The molecule has 0 amide bonds. The Balaban J connectivity index is 2.04. The molecule has 1 fully saturated rings. The molecule has 1 saturated carbocycles. The molecule has 0 aliphatic heterocycles. The average Bonchev–Trinajstić information content (AvgIpc) is 3.11. The topological polar surface area (TPSA) is 29.9 Å². The van der Waals surface area contributed by atoms with Crippen LogP contribution in [0, 0.1) is 6.92 Å². The van der Waals surface area contributed by atoms with Gasteiger partial charge in [-0.1, -0.05) is 15.9 Å². The maximum absolute atomic E-state index is 13.0. The third kappa shape index (κ3) is 3.07. The lowest BCUT2D eigenvalue weighted by Gasteiger charge is -2.13. The Morgan fingerprint density at radius 3 is 2.67 bits per heavy atom. The fraction of sp³-hybridized carbons (Fsp3) is 0.357. The number of nitrogens with one attached hydrogen (secondary N) is 1. The van der Waals surface area contributed by atoms with Gasteiger partial charge in [0.25, 0.3) is 0 Å². The molecule has 0 radical (unpaired) electrons. The summed E-state index contributed by atoms with van der Waals surface area (Å²) in [6.45, 7) is 1.82. The minimum atomic E-state index is -4.39. The lowest BCUT2D eigenvalue weighted by atomic mass is 10.2. The first kappa shape index (κ1) is 14.4. The molecule has 0 saturated heterocycles. The van der Waals surface area contributed by atoms with Crippen LogP contribution in [0.1, 0.15) is 24.1 Å². The van der Waals surface area contributed by atoms with Crippen molar-refractivity contribution in [3.8, 4) is 5.69 Å². The van der Waals surface area contributed by atoms with E-state index in [9.17, 15) is 13.2 Å². The minimum absolute atomic E-state index is 0.0345. The summed E-state index contributed by atoms with van der Waals surface area (Å²) in [5, 5.41) is 3.24. The van der Waals surface area contributed by atoms with Gasteiger partial charge < -0.3 is 5.32 Å². The molecule has 3 nitrogen and oxygen atoms in total. The highest BCUT2D eigenvalue weighted by molar-refractivity contribution is 9.10. The van der Waals surface area contributed by atoms with Gasteiger partial charge in [-0.25, -0.2) is 4.98 Å². The zero-order chi connectivity index (χ0) is 15.2. The van der Waals surface area contributed by atoms with Crippen molar-refractivity contribution in [1.82, 2.24) is 9.55 Å². The molecule has 112 valence electrons. The highest BCUT2D eigenvalue weighted by Gasteiger charge is 2.33. The Labute approximate surface area is 128 Å². The van der Waals surface area contributed by atoms with Crippen molar-refractivity contribution in [3.63, 3.8) is 0 Å². The highest BCUT2D eigenvalue weighted by Crippen LogP contribution is 2.36. The number of anilines is 1. The summed E-state index contributed by atoms with van der Waals surface area (Å²) in [5.41, 5.74) is 0.507. The van der Waals surface area contributed by atoms with Crippen molar-refractivity contribution >= 4 is 21.9 Å². The molecule has 0 unspecified atom stereocenters. The third-order valence-electron chi connectivity index (χ3n) is 3.27. The van der Waals surface area contributed by atoms with E-state index < -0.39 is 11.7 Å². The Morgan fingerprint density at radius 1 is 1.33 bits per heavy atom. The lowest BCUT2D eigenvalue weighted by Crippen LogP contribution is -2.10. The molecule has 0 spiro atoms. The van der Waals surface area contributed by atoms with E-state index in [0.717, 1.165) is 24.6 Å². The lowest BCUT2D eigenvalue weighted by molar-refractivity contribution is -0.138. The van der Waals surface area contributed by atoms with E-state index >= 15 is 0 Å². The van der Waals surface area contributed by atoms with Crippen molar-refractivity contribution < 1.29 is 13.2 Å². The van der Waals surface area contributed by atoms with Gasteiger partial charge in [0.15, 0.2) is 0 Å². The van der Waals surface area contributed by atoms with Gasteiger partial charge in [0.05, 0.1) is 11.3 Å². The van der Waals surface area contributed by atoms with E-state index in [1.165, 1.54) is 6.07 Å². The van der Waals surface area contributed by atoms with Crippen molar-refractivity contribution in [3.05, 3.63) is 40.1 Å². The summed E-state index contributed by atoms with van der Waals surface area (Å²) in [5.74, 6) is 0.588. The van der Waals surface area contributed by atoms with Gasteiger partial charge in [-0.2, -0.15) is 13.2 Å². The Kier molecular flexibility index (Phi) is 3.47. The number of aromatic nitrogens is 2. The third-order valence-corrected chi connectivity index (χ3v) is 3.96. The monoisotopic (exact) mass is 359 g/mol. The van der Waals surface area contributed by atoms with Gasteiger partial charge in [-0.3, -0.25) is 4.57 Å². The van der Waals surface area contributed by atoms with E-state index in [-0.39, 0.29) is 4.47 Å². The van der Waals surface area contributed by atoms with E-state index in [4.69, 9.17) is 0 Å². The first-order valence-corrected chi connectivity index (χ1v) is 7.33. The van der Waals surface area contributed by atoms with Crippen molar-refractivity contribution in [2.45, 2.75) is 32.0 Å². The summed E-state index contributed by atoms with van der Waals surface area (Å²) >= 11 is 2.95. The van der Waals surface area contributed by atoms with Crippen LogP contribution in [0.25, 0.3) is 5.69 Å². The summed E-state index contributed by atoms with van der Waals surface area (Å²) < 4.78 is 40.7. The molecule has 2 aromatic rings. The Morgan fingerprint density at radius 2 is 2.05 bits per heavy atom. The first-order valence-electron chi connectivity index (χ1n) is 6.54. The summed E-state index contributed by atoms with van der Waals surface area (Å²) in [4.78, 5) is 4.34. The normalized spacial score (nSPS) is 15.3. The molecule has 7 heteroatoms. The van der Waals surface area contributed by atoms with E-state index in [1.54, 1.807) is 16.8 Å². The number of benzene rings is 1. The molecule has 0 bridgehead atoms. The summed E-state index contributed by atoms with van der Waals surface area (Å²) in [6, 6.07) is 4.55. The molecule has 1 aliphatic rings. The maximum Gasteiger partial charge on any atom is 0.417 e. The van der Waals surface area contributed by atoms with Crippen LogP contribution in [0.15, 0.2) is 28.9 Å². The quantitative estimate of drug-likeness (QED) is 0.871. The van der Waals surface area contributed by atoms with Crippen LogP contribution in [0.4, 0.5) is 19.1 Å². The molecule has 1 heterocycles. The molecular weight excluding hydrogens is 347 g/mol. The zero-order valence-corrected chi connectivity index (χ0v) is 12.8. The van der Waals surface area contributed by atoms with Crippen LogP contribution < -0.4 is 5.32 Å². The van der Waals surface area contributed by atoms with Crippen LogP contribution in [0.3, 0.4) is 0 Å². The summed E-state index contributed by atoms with van der Waals surface area (Å²) in [6.07, 6.45) is -0.525. The smallest absolute Gasteiger partial charge is 0.353 e. The second-order valence-corrected chi connectivity index (χ2v) is 6.01. The SMILES string of the molecule is Cc1cn(-c2ccc(Br)c(C(F)(F)F)c2)c(NC2CC2)n1. The molecule has 3 rings (SSSR count). The van der Waals surface area contributed by atoms with Gasteiger partial charge in [0, 0.05) is 22.4 Å². The van der Waals surface area contributed by atoms with Gasteiger partial charge in [-0.15, -0.1) is 0 Å². The Hall–Kier alpha value is -1.50. The van der Waals surface area contributed by atoms with Crippen molar-refractivity contribution in [2.75, 3.05) is 5.32 Å². The second kappa shape index (κ2) is 5.05. The van der Waals surface area contributed by atoms with Gasteiger partial charge in [0.1, 0.15) is 0 Å². The van der Waals surface area contributed by atoms with Crippen LogP contribution in [0.5, 0.6) is 0 Å². The van der Waals surface area contributed by atoms with Crippen LogP contribution >= 0.6 is 15.9 Å². The number of rotatable bonds is 3. The first-order chi connectivity index (χ1) is 9.84. The average molecular weight is 360 g/mol. The zero-order valence-electron chi connectivity index (χ0n) is 11.2. The molecule has 1 aliphatic carbocycles. The van der Waals surface area contributed by atoms with Gasteiger partial charge in [0.2, 0.25) is 5.95 Å². The molecule has 0 atom stereocenters. The summed E-state index contributed by atoms with van der Waals surface area (Å²) in [7, 11) is 0. The fourth-order valence-corrected chi connectivity index (χ4v) is 2.56. The number of aryl methyl sites for hydroxylation is 1. The second-order valence-electron chi connectivity index (χ2n) is 5.16. The standard InChI is InChI=1S/C14H13BrF3N3/c1-8-7-21(13(19-8)20-9-2-3-9)10-4-5-12(15)11(6-10)14(16,17)18/h4-7,9H,2-3H2,1H3,(H,19,20). The number of hydrogen-bond donors (Lipinski definition) is 1. The van der Waals surface area contributed by atoms with Crippen molar-refractivity contribution in [2.24, 2.45) is 0 Å². The number of nitrogens with zero attached hydrogens (tertiary/aromatic N) is 2. The maximum atomic E-state index is 13.0. The molecule has 1 N–H and O–H groups in total. The van der Waals surface area contributed by atoms with Crippen LogP contribution in [0.2, 0.25) is 0 Å². The molecule has 1 aromatic heterocycles. The van der Waals surface area contributed by atoms with Gasteiger partial charge in [-0.05, 0) is 38.0 Å². The van der Waals surface area contributed by atoms with E-state index in [2.05, 4.69) is 26.2 Å². The molecule has 21 heavy (non-hydrogen) atoms. The minimum Gasteiger partial charge on any atom is -0.353 e. The molecule has 1 aromatic carbocycles. The fourth-order valence-electron chi connectivity index (χ4n) is 2.09. The number of hydrogen-bond acceptors (Lipinski definition) is 2. The van der Waals surface area contributed by atoms with E-state index in [0.29, 0.717) is 17.7 Å². The number of imidazole rings is 1. The number of halogens is 4. The Bertz CT molecular complexity index is 675. The number of alkyl halides is 3. The van der Waals surface area contributed by atoms with E-state index in [1.807, 2.05) is 6.92 Å². The van der Waals surface area contributed by atoms with Crippen molar-refractivity contribution in [1.29, 1.82) is 0 Å². The predicted molar refractivity (Wildman–Crippen MR) is 77.6 cm³/mol. The van der Waals surface area contributed by atoms with Crippen LogP contribution in [-0.4, -0.2) is 15.6 Å². The molecular formula is C14H13BrF3N3. The van der Waals surface area contributed by atoms with Crippen LogP contribution in [-0.2, 0) is 6.18 Å². The highest BCUT2D eigenvalue weighted by atomic mass is 79.9.